The van der Waals surface area contributed by atoms with Crippen molar-refractivity contribution in [1.29, 1.82) is 0 Å². The van der Waals surface area contributed by atoms with Crippen LogP contribution in [0.25, 0.3) is 0 Å². The summed E-state index contributed by atoms with van der Waals surface area (Å²) in [5.41, 5.74) is 5.65. The van der Waals surface area contributed by atoms with Crippen LogP contribution in [0.5, 0.6) is 0 Å². The smallest absolute Gasteiger partial charge is 0.269 e. The number of rotatable bonds is 10. The maximum atomic E-state index is 12.6. The number of thioether (sulfide) groups is 1. The Hall–Kier alpha value is -3.14. The van der Waals surface area contributed by atoms with E-state index < -0.39 is 15.9 Å². The molecule has 0 aliphatic heterocycles. The molecule has 3 rings (SSSR count). The third-order valence-corrected chi connectivity index (χ3v) is 7.09. The van der Waals surface area contributed by atoms with Gasteiger partial charge in [0.05, 0.1) is 4.90 Å². The van der Waals surface area contributed by atoms with E-state index in [1.165, 1.54) is 24.3 Å². The molecule has 0 bridgehead atoms. The Labute approximate surface area is 198 Å². The lowest BCUT2D eigenvalue weighted by molar-refractivity contribution is -0.121. The molecule has 9 heteroatoms. The second-order valence-electron chi connectivity index (χ2n) is 7.11. The molecule has 0 spiro atoms. The van der Waals surface area contributed by atoms with Gasteiger partial charge in [-0.3, -0.25) is 20.4 Å². The number of hydrogen-bond acceptors (Lipinski definition) is 5. The number of sulfonamides is 1. The first-order chi connectivity index (χ1) is 15.9. The molecular formula is C24H25N3O4S2. The highest BCUT2D eigenvalue weighted by atomic mass is 32.2. The molecule has 0 unspecified atom stereocenters. The molecule has 3 aromatic carbocycles. The fourth-order valence-corrected chi connectivity index (χ4v) is 4.80. The third-order valence-electron chi connectivity index (χ3n) is 4.59. The Morgan fingerprint density at radius 2 is 1.52 bits per heavy atom. The number of carbonyl (C=O) groups excluding carboxylic acids is 2. The second-order valence-corrected chi connectivity index (χ2v) is 10.0. The first-order valence-corrected chi connectivity index (χ1v) is 12.8. The molecule has 0 fully saturated rings. The molecule has 0 aliphatic rings. The number of nitrogens with one attached hydrogen (secondary N) is 3. The van der Waals surface area contributed by atoms with E-state index in [9.17, 15) is 18.0 Å². The van der Waals surface area contributed by atoms with E-state index in [0.717, 1.165) is 16.2 Å². The molecule has 0 aromatic heterocycles. The first-order valence-electron chi connectivity index (χ1n) is 10.3. The van der Waals surface area contributed by atoms with E-state index in [1.54, 1.807) is 11.8 Å². The van der Waals surface area contributed by atoms with Crippen molar-refractivity contribution in [2.24, 2.45) is 0 Å². The summed E-state index contributed by atoms with van der Waals surface area (Å²) in [6.45, 7) is 0.137. The maximum absolute atomic E-state index is 12.6. The zero-order chi connectivity index (χ0) is 23.5. The summed E-state index contributed by atoms with van der Waals surface area (Å²) < 4.78 is 27.7. The number of carbonyl (C=O) groups is 2. The molecule has 0 aliphatic carbocycles. The van der Waals surface area contributed by atoms with E-state index in [4.69, 9.17) is 0 Å². The molecule has 0 saturated heterocycles. The standard InChI is InChI=1S/C24H25N3O4S2/c28-23(15-8-16-32-21-12-5-2-6-13-21)26-27-24(29)20-11-7-14-22(17-20)33(30,31)25-18-19-9-3-1-4-10-19/h1-7,9-14,17,25H,8,15-16,18H2,(H,26,28)(H,27,29). The molecule has 3 aromatic rings. The Bertz CT molecular complexity index is 1170. The van der Waals surface area contributed by atoms with Crippen molar-refractivity contribution in [3.8, 4) is 0 Å². The molecular weight excluding hydrogens is 458 g/mol. The number of hydrazine groups is 1. The summed E-state index contributed by atoms with van der Waals surface area (Å²) in [5.74, 6) is -0.131. The Balaban J connectivity index is 1.46. The van der Waals surface area contributed by atoms with E-state index in [0.29, 0.717) is 6.42 Å². The minimum atomic E-state index is -3.80. The highest BCUT2D eigenvalue weighted by Gasteiger charge is 2.16. The Kier molecular flexibility index (Phi) is 9.05. The predicted octanol–water partition coefficient (Wildman–Crippen LogP) is 3.50. The zero-order valence-electron chi connectivity index (χ0n) is 17.9. The molecule has 33 heavy (non-hydrogen) atoms. The number of hydrogen-bond donors (Lipinski definition) is 3. The van der Waals surface area contributed by atoms with Crippen LogP contribution in [0.2, 0.25) is 0 Å². The Morgan fingerprint density at radius 1 is 0.818 bits per heavy atom. The summed E-state index contributed by atoms with van der Waals surface area (Å²) in [4.78, 5) is 25.5. The fourth-order valence-electron chi connectivity index (χ4n) is 2.86. The van der Waals surface area contributed by atoms with E-state index in [1.807, 2.05) is 60.7 Å². The van der Waals surface area contributed by atoms with Gasteiger partial charge in [0, 0.05) is 23.4 Å². The van der Waals surface area contributed by atoms with Crippen molar-refractivity contribution in [2.75, 3.05) is 5.75 Å². The molecule has 172 valence electrons. The van der Waals surface area contributed by atoms with Gasteiger partial charge in [0.25, 0.3) is 5.91 Å². The van der Waals surface area contributed by atoms with Gasteiger partial charge in [-0.15, -0.1) is 11.8 Å². The maximum Gasteiger partial charge on any atom is 0.269 e. The minimum Gasteiger partial charge on any atom is -0.273 e. The van der Waals surface area contributed by atoms with Crippen LogP contribution in [-0.4, -0.2) is 26.0 Å². The van der Waals surface area contributed by atoms with Crippen LogP contribution in [0.3, 0.4) is 0 Å². The van der Waals surface area contributed by atoms with Crippen molar-refractivity contribution in [3.05, 3.63) is 96.1 Å². The summed E-state index contributed by atoms with van der Waals surface area (Å²) in [5, 5.41) is 0. The highest BCUT2D eigenvalue weighted by Crippen LogP contribution is 2.18. The lowest BCUT2D eigenvalue weighted by Crippen LogP contribution is -2.41. The van der Waals surface area contributed by atoms with Crippen molar-refractivity contribution in [3.63, 3.8) is 0 Å². The van der Waals surface area contributed by atoms with Crippen LogP contribution in [0.1, 0.15) is 28.8 Å². The van der Waals surface area contributed by atoms with E-state index in [-0.39, 0.29) is 29.3 Å². The Morgan fingerprint density at radius 3 is 2.24 bits per heavy atom. The van der Waals surface area contributed by atoms with Crippen molar-refractivity contribution < 1.29 is 18.0 Å². The van der Waals surface area contributed by atoms with Gasteiger partial charge in [0.15, 0.2) is 0 Å². The van der Waals surface area contributed by atoms with Crippen molar-refractivity contribution in [2.45, 2.75) is 29.2 Å². The van der Waals surface area contributed by atoms with Gasteiger partial charge in [-0.05, 0) is 48.1 Å². The average molecular weight is 484 g/mol. The van der Waals surface area contributed by atoms with Gasteiger partial charge in [0.1, 0.15) is 0 Å². The summed E-state index contributed by atoms with van der Waals surface area (Å²) in [6, 6.07) is 24.7. The SMILES string of the molecule is O=C(CCCSc1ccccc1)NNC(=O)c1cccc(S(=O)(=O)NCc2ccccc2)c1. The quantitative estimate of drug-likeness (QED) is 0.233. The zero-order valence-corrected chi connectivity index (χ0v) is 19.5. The summed E-state index contributed by atoms with van der Waals surface area (Å²) >= 11 is 1.66. The molecule has 0 heterocycles. The van der Waals surface area contributed by atoms with Crippen molar-refractivity contribution >= 4 is 33.6 Å². The van der Waals surface area contributed by atoms with Crippen LogP contribution in [0.15, 0.2) is 94.7 Å². The fraction of sp³-hybridized carbons (Fsp3) is 0.167. The first kappa shape index (κ1) is 24.5. The van der Waals surface area contributed by atoms with Crippen LogP contribution >= 0.6 is 11.8 Å². The third kappa shape index (κ3) is 8.05. The largest absolute Gasteiger partial charge is 0.273 e. The van der Waals surface area contributed by atoms with Gasteiger partial charge in [-0.25, -0.2) is 13.1 Å². The van der Waals surface area contributed by atoms with Crippen LogP contribution < -0.4 is 15.6 Å². The summed E-state index contributed by atoms with van der Waals surface area (Å²) in [6.07, 6.45) is 0.917. The lowest BCUT2D eigenvalue weighted by Gasteiger charge is -2.10. The number of benzene rings is 3. The van der Waals surface area contributed by atoms with Crippen LogP contribution in [-0.2, 0) is 21.4 Å². The monoisotopic (exact) mass is 483 g/mol. The van der Waals surface area contributed by atoms with Gasteiger partial charge in [-0.2, -0.15) is 0 Å². The molecule has 2 amide bonds. The molecule has 0 saturated carbocycles. The topological polar surface area (TPSA) is 104 Å². The minimum absolute atomic E-state index is 0.0321. The van der Waals surface area contributed by atoms with E-state index in [2.05, 4.69) is 15.6 Å². The number of amides is 2. The lowest BCUT2D eigenvalue weighted by atomic mass is 10.2. The highest BCUT2D eigenvalue weighted by molar-refractivity contribution is 7.99. The van der Waals surface area contributed by atoms with Gasteiger partial charge in [-0.1, -0.05) is 54.6 Å². The predicted molar refractivity (Wildman–Crippen MR) is 129 cm³/mol. The average Bonchev–Trinajstić information content (AvgIpc) is 2.85. The second kappa shape index (κ2) is 12.2. The molecule has 0 radical (unpaired) electrons. The van der Waals surface area contributed by atoms with Crippen LogP contribution in [0.4, 0.5) is 0 Å². The normalized spacial score (nSPS) is 11.0. The van der Waals surface area contributed by atoms with Gasteiger partial charge in [0.2, 0.25) is 15.9 Å². The van der Waals surface area contributed by atoms with Crippen LogP contribution in [0, 0.1) is 0 Å². The van der Waals surface area contributed by atoms with Gasteiger partial charge >= 0.3 is 0 Å². The molecule has 0 atom stereocenters. The molecule has 7 nitrogen and oxygen atoms in total. The van der Waals surface area contributed by atoms with Gasteiger partial charge < -0.3 is 0 Å². The summed E-state index contributed by atoms with van der Waals surface area (Å²) in [7, 11) is -3.80. The molecule has 3 N–H and O–H groups in total. The van der Waals surface area contributed by atoms with E-state index >= 15 is 0 Å². The van der Waals surface area contributed by atoms with Crippen molar-refractivity contribution in [1.82, 2.24) is 15.6 Å².